The van der Waals surface area contributed by atoms with Crippen LogP contribution in [0.2, 0.25) is 0 Å². The highest BCUT2D eigenvalue weighted by molar-refractivity contribution is 5.78. The quantitative estimate of drug-likeness (QED) is 0.751. The Hall–Kier alpha value is -1.35. The lowest BCUT2D eigenvalue weighted by Gasteiger charge is -2.29. The molecule has 98 valence electrons. The van der Waals surface area contributed by atoms with Crippen molar-refractivity contribution in [3.05, 3.63) is 35.4 Å². The molecule has 0 saturated carbocycles. The molecule has 1 aliphatic heterocycles. The Morgan fingerprint density at radius 1 is 1.50 bits per heavy atom. The van der Waals surface area contributed by atoms with Crippen LogP contribution >= 0.6 is 0 Å². The molecule has 0 radical (unpaired) electrons. The molecule has 1 aromatic carbocycles. The van der Waals surface area contributed by atoms with Gasteiger partial charge < -0.3 is 9.47 Å². The Kier molecular flexibility index (Phi) is 4.37. The van der Waals surface area contributed by atoms with Crippen LogP contribution in [0.15, 0.2) is 24.3 Å². The number of aryl methyl sites for hydroxylation is 1. The summed E-state index contributed by atoms with van der Waals surface area (Å²) >= 11 is 0. The van der Waals surface area contributed by atoms with Gasteiger partial charge in [0.1, 0.15) is 0 Å². The van der Waals surface area contributed by atoms with Crippen LogP contribution in [-0.4, -0.2) is 25.8 Å². The molecule has 3 nitrogen and oxygen atoms in total. The van der Waals surface area contributed by atoms with Crippen LogP contribution in [0.1, 0.15) is 30.4 Å². The zero-order valence-corrected chi connectivity index (χ0v) is 11.0. The fourth-order valence-electron chi connectivity index (χ4n) is 2.25. The van der Waals surface area contributed by atoms with Crippen molar-refractivity contribution in [1.29, 1.82) is 0 Å². The summed E-state index contributed by atoms with van der Waals surface area (Å²) < 4.78 is 10.4. The predicted molar refractivity (Wildman–Crippen MR) is 69.5 cm³/mol. The molecule has 0 aliphatic carbocycles. The summed E-state index contributed by atoms with van der Waals surface area (Å²) in [6.45, 7) is 5.85. The molecule has 1 fully saturated rings. The normalized spacial score (nSPS) is 17.0. The first kappa shape index (κ1) is 13.1. The van der Waals surface area contributed by atoms with Crippen molar-refractivity contribution in [2.45, 2.75) is 26.2 Å². The topological polar surface area (TPSA) is 35.5 Å². The summed E-state index contributed by atoms with van der Waals surface area (Å²) in [5, 5.41) is 0. The molecule has 2 rings (SSSR count). The highest BCUT2D eigenvalue weighted by Crippen LogP contribution is 2.29. The van der Waals surface area contributed by atoms with Gasteiger partial charge in [0.15, 0.2) is 0 Å². The SMILES string of the molecule is CCOC(=O)C(CC1COC1)c1cccc(C)c1. The Bertz CT molecular complexity index is 410. The van der Waals surface area contributed by atoms with Crippen LogP contribution in [-0.2, 0) is 14.3 Å². The Labute approximate surface area is 108 Å². The maximum absolute atomic E-state index is 12.1. The fourth-order valence-corrected chi connectivity index (χ4v) is 2.25. The van der Waals surface area contributed by atoms with E-state index in [1.807, 2.05) is 32.0 Å². The molecule has 18 heavy (non-hydrogen) atoms. The number of esters is 1. The molecule has 1 unspecified atom stereocenters. The number of hydrogen-bond donors (Lipinski definition) is 0. The van der Waals surface area contributed by atoms with Crippen molar-refractivity contribution in [2.24, 2.45) is 5.92 Å². The largest absolute Gasteiger partial charge is 0.466 e. The second-order valence-corrected chi connectivity index (χ2v) is 4.86. The second kappa shape index (κ2) is 6.01. The molecule has 0 bridgehead atoms. The molecule has 1 heterocycles. The number of carbonyl (C=O) groups is 1. The van der Waals surface area contributed by atoms with E-state index in [4.69, 9.17) is 9.47 Å². The summed E-state index contributed by atoms with van der Waals surface area (Å²) in [7, 11) is 0. The van der Waals surface area contributed by atoms with Crippen molar-refractivity contribution >= 4 is 5.97 Å². The average molecular weight is 248 g/mol. The van der Waals surface area contributed by atoms with E-state index >= 15 is 0 Å². The lowest BCUT2D eigenvalue weighted by molar-refractivity contribution is -0.146. The molecule has 1 aromatic rings. The van der Waals surface area contributed by atoms with E-state index in [-0.39, 0.29) is 11.9 Å². The van der Waals surface area contributed by atoms with E-state index in [1.165, 1.54) is 5.56 Å². The van der Waals surface area contributed by atoms with Gasteiger partial charge in [-0.1, -0.05) is 29.8 Å². The predicted octanol–water partition coefficient (Wildman–Crippen LogP) is 2.68. The van der Waals surface area contributed by atoms with Gasteiger partial charge in [-0.15, -0.1) is 0 Å². The lowest BCUT2D eigenvalue weighted by Crippen LogP contribution is -2.31. The molecule has 1 atom stereocenters. The third-order valence-electron chi connectivity index (χ3n) is 3.29. The highest BCUT2D eigenvalue weighted by Gasteiger charge is 2.29. The van der Waals surface area contributed by atoms with E-state index in [9.17, 15) is 4.79 Å². The Balaban J connectivity index is 2.14. The molecule has 1 aliphatic rings. The molecule has 0 aromatic heterocycles. The van der Waals surface area contributed by atoms with Crippen molar-refractivity contribution in [3.63, 3.8) is 0 Å². The van der Waals surface area contributed by atoms with Gasteiger partial charge in [-0.25, -0.2) is 0 Å². The van der Waals surface area contributed by atoms with Crippen LogP contribution in [0.4, 0.5) is 0 Å². The number of hydrogen-bond acceptors (Lipinski definition) is 3. The van der Waals surface area contributed by atoms with Crippen LogP contribution in [0, 0.1) is 12.8 Å². The minimum Gasteiger partial charge on any atom is -0.466 e. The summed E-state index contributed by atoms with van der Waals surface area (Å²) in [5.74, 6) is 0.216. The van der Waals surface area contributed by atoms with Gasteiger partial charge in [-0.2, -0.15) is 0 Å². The molecule has 1 saturated heterocycles. The average Bonchev–Trinajstić information content (AvgIpc) is 2.27. The van der Waals surface area contributed by atoms with Crippen LogP contribution in [0.3, 0.4) is 0 Å². The third kappa shape index (κ3) is 3.10. The van der Waals surface area contributed by atoms with Gasteiger partial charge in [0, 0.05) is 5.92 Å². The standard InChI is InChI=1S/C15H20O3/c1-3-18-15(16)14(8-12-9-17-10-12)13-6-4-5-11(2)7-13/h4-7,12,14H,3,8-10H2,1-2H3. The van der Waals surface area contributed by atoms with Crippen molar-refractivity contribution < 1.29 is 14.3 Å². The van der Waals surface area contributed by atoms with Gasteiger partial charge >= 0.3 is 5.97 Å². The lowest BCUT2D eigenvalue weighted by atomic mass is 9.87. The second-order valence-electron chi connectivity index (χ2n) is 4.86. The monoisotopic (exact) mass is 248 g/mol. The smallest absolute Gasteiger partial charge is 0.313 e. The summed E-state index contributed by atoms with van der Waals surface area (Å²) in [4.78, 5) is 12.1. The number of rotatable bonds is 5. The van der Waals surface area contributed by atoms with E-state index in [0.29, 0.717) is 12.5 Å². The first-order valence-electron chi connectivity index (χ1n) is 6.51. The Morgan fingerprint density at radius 3 is 2.83 bits per heavy atom. The highest BCUT2D eigenvalue weighted by atomic mass is 16.5. The summed E-state index contributed by atoms with van der Waals surface area (Å²) in [5.41, 5.74) is 2.23. The van der Waals surface area contributed by atoms with Gasteiger partial charge in [0.2, 0.25) is 0 Å². The zero-order chi connectivity index (χ0) is 13.0. The van der Waals surface area contributed by atoms with Crippen LogP contribution in [0.5, 0.6) is 0 Å². The Morgan fingerprint density at radius 2 is 2.28 bits per heavy atom. The number of ether oxygens (including phenoxy) is 2. The molecular formula is C15H20O3. The van der Waals surface area contributed by atoms with Gasteiger partial charge in [0.25, 0.3) is 0 Å². The summed E-state index contributed by atoms with van der Waals surface area (Å²) in [6, 6.07) is 8.11. The van der Waals surface area contributed by atoms with Gasteiger partial charge in [-0.05, 0) is 25.8 Å². The minimum absolute atomic E-state index is 0.116. The van der Waals surface area contributed by atoms with E-state index in [0.717, 1.165) is 25.2 Å². The molecule has 0 N–H and O–H groups in total. The molecule has 0 amide bonds. The maximum Gasteiger partial charge on any atom is 0.313 e. The first-order valence-corrected chi connectivity index (χ1v) is 6.51. The van der Waals surface area contributed by atoms with E-state index in [1.54, 1.807) is 0 Å². The minimum atomic E-state index is -0.154. The van der Waals surface area contributed by atoms with Crippen molar-refractivity contribution in [3.8, 4) is 0 Å². The van der Waals surface area contributed by atoms with Gasteiger partial charge in [-0.3, -0.25) is 4.79 Å². The fraction of sp³-hybridized carbons (Fsp3) is 0.533. The zero-order valence-electron chi connectivity index (χ0n) is 11.0. The summed E-state index contributed by atoms with van der Waals surface area (Å²) in [6.07, 6.45) is 0.822. The van der Waals surface area contributed by atoms with E-state index < -0.39 is 0 Å². The first-order chi connectivity index (χ1) is 8.70. The molecule has 0 spiro atoms. The van der Waals surface area contributed by atoms with E-state index in [2.05, 4.69) is 6.07 Å². The number of benzene rings is 1. The van der Waals surface area contributed by atoms with Crippen LogP contribution < -0.4 is 0 Å². The maximum atomic E-state index is 12.1. The molecular weight excluding hydrogens is 228 g/mol. The molecule has 3 heteroatoms. The van der Waals surface area contributed by atoms with Crippen molar-refractivity contribution in [2.75, 3.05) is 19.8 Å². The number of carbonyl (C=O) groups excluding carboxylic acids is 1. The third-order valence-corrected chi connectivity index (χ3v) is 3.29. The van der Waals surface area contributed by atoms with Crippen molar-refractivity contribution in [1.82, 2.24) is 0 Å². The van der Waals surface area contributed by atoms with Crippen LogP contribution in [0.25, 0.3) is 0 Å². The van der Waals surface area contributed by atoms with Gasteiger partial charge in [0.05, 0.1) is 25.7 Å².